The van der Waals surface area contributed by atoms with Gasteiger partial charge in [-0.1, -0.05) is 0 Å². The highest BCUT2D eigenvalue weighted by Gasteiger charge is 2.26. The van der Waals surface area contributed by atoms with Gasteiger partial charge < -0.3 is 9.64 Å². The highest BCUT2D eigenvalue weighted by molar-refractivity contribution is 7.10. The van der Waals surface area contributed by atoms with E-state index < -0.39 is 11.9 Å². The van der Waals surface area contributed by atoms with Crippen molar-refractivity contribution in [2.75, 3.05) is 13.7 Å². The summed E-state index contributed by atoms with van der Waals surface area (Å²) in [5.41, 5.74) is 1.14. The number of esters is 1. The topological polar surface area (TPSA) is 46.6 Å². The molecular weight excluding hydrogens is 214 g/mol. The fraction of sp³-hybridized carbons (Fsp3) is 0.400. The largest absolute Gasteiger partial charge is 0.462 e. The number of amides is 1. The standard InChI is InChI=1S/C10H11NO3S/c1-14-10(13)9(12)11-4-2-8-7(6-11)3-5-15-8/h3,5H,2,4,6H2,1H3. The molecule has 0 saturated heterocycles. The normalized spacial score (nSPS) is 14.6. The van der Waals surface area contributed by atoms with E-state index in [0.29, 0.717) is 13.1 Å². The van der Waals surface area contributed by atoms with Gasteiger partial charge in [-0.2, -0.15) is 0 Å². The zero-order valence-electron chi connectivity index (χ0n) is 8.36. The van der Waals surface area contributed by atoms with Crippen molar-refractivity contribution in [2.45, 2.75) is 13.0 Å². The smallest absolute Gasteiger partial charge is 0.396 e. The Morgan fingerprint density at radius 3 is 3.07 bits per heavy atom. The Kier molecular flexibility index (Phi) is 2.73. The molecule has 0 fully saturated rings. The molecule has 0 saturated carbocycles. The van der Waals surface area contributed by atoms with E-state index in [-0.39, 0.29) is 0 Å². The van der Waals surface area contributed by atoms with Crippen LogP contribution in [0.2, 0.25) is 0 Å². The molecule has 0 N–H and O–H groups in total. The maximum Gasteiger partial charge on any atom is 0.396 e. The van der Waals surface area contributed by atoms with Gasteiger partial charge in [-0.25, -0.2) is 4.79 Å². The molecule has 0 bridgehead atoms. The quantitative estimate of drug-likeness (QED) is 0.485. The lowest BCUT2D eigenvalue weighted by molar-refractivity contribution is -0.158. The summed E-state index contributed by atoms with van der Waals surface area (Å²) in [6.45, 7) is 1.12. The summed E-state index contributed by atoms with van der Waals surface area (Å²) in [4.78, 5) is 25.4. The van der Waals surface area contributed by atoms with Crippen LogP contribution in [0.1, 0.15) is 10.4 Å². The summed E-state index contributed by atoms with van der Waals surface area (Å²) in [6, 6.07) is 2.00. The van der Waals surface area contributed by atoms with Crippen LogP contribution in [-0.2, 0) is 27.3 Å². The van der Waals surface area contributed by atoms with Crippen LogP contribution in [0.5, 0.6) is 0 Å². The molecule has 4 nitrogen and oxygen atoms in total. The summed E-state index contributed by atoms with van der Waals surface area (Å²) >= 11 is 1.70. The van der Waals surface area contributed by atoms with Crippen molar-refractivity contribution in [3.63, 3.8) is 0 Å². The van der Waals surface area contributed by atoms with Gasteiger partial charge in [0.2, 0.25) is 0 Å². The van der Waals surface area contributed by atoms with Crippen LogP contribution in [0, 0.1) is 0 Å². The fourth-order valence-corrected chi connectivity index (χ4v) is 2.53. The molecule has 80 valence electrons. The molecule has 15 heavy (non-hydrogen) atoms. The van der Waals surface area contributed by atoms with Crippen molar-refractivity contribution < 1.29 is 14.3 Å². The van der Waals surface area contributed by atoms with Crippen molar-refractivity contribution >= 4 is 23.2 Å². The van der Waals surface area contributed by atoms with Crippen molar-refractivity contribution in [2.24, 2.45) is 0 Å². The summed E-state index contributed by atoms with van der Waals surface area (Å²) in [5.74, 6) is -1.33. The number of fused-ring (bicyclic) bond motifs is 1. The monoisotopic (exact) mass is 225 g/mol. The van der Waals surface area contributed by atoms with Crippen LogP contribution in [0.15, 0.2) is 11.4 Å². The number of thiophene rings is 1. The third kappa shape index (κ3) is 1.87. The lowest BCUT2D eigenvalue weighted by Crippen LogP contribution is -2.40. The van der Waals surface area contributed by atoms with Gasteiger partial charge >= 0.3 is 11.9 Å². The van der Waals surface area contributed by atoms with Gasteiger partial charge in [0.15, 0.2) is 0 Å². The van der Waals surface area contributed by atoms with E-state index in [2.05, 4.69) is 4.74 Å². The lowest BCUT2D eigenvalue weighted by Gasteiger charge is -2.25. The minimum absolute atomic E-state index is 0.521. The first kappa shape index (κ1) is 10.2. The zero-order valence-corrected chi connectivity index (χ0v) is 9.17. The van der Waals surface area contributed by atoms with Gasteiger partial charge in [-0.15, -0.1) is 11.3 Å². The molecule has 1 aliphatic rings. The Hall–Kier alpha value is -1.36. The number of ether oxygens (including phenoxy) is 1. The molecule has 0 spiro atoms. The molecule has 1 aliphatic heterocycles. The summed E-state index contributed by atoms with van der Waals surface area (Å²) in [5, 5.41) is 2.01. The minimum Gasteiger partial charge on any atom is -0.462 e. The molecule has 0 atom stereocenters. The van der Waals surface area contributed by atoms with Gasteiger partial charge in [0.05, 0.1) is 7.11 Å². The zero-order chi connectivity index (χ0) is 10.8. The van der Waals surface area contributed by atoms with Crippen LogP contribution in [-0.4, -0.2) is 30.4 Å². The van der Waals surface area contributed by atoms with E-state index >= 15 is 0 Å². The number of nitrogens with zero attached hydrogens (tertiary/aromatic N) is 1. The van der Waals surface area contributed by atoms with Crippen molar-refractivity contribution in [3.05, 3.63) is 21.9 Å². The average molecular weight is 225 g/mol. The number of hydrogen-bond acceptors (Lipinski definition) is 4. The fourth-order valence-electron chi connectivity index (χ4n) is 1.64. The van der Waals surface area contributed by atoms with E-state index in [1.807, 2.05) is 11.4 Å². The molecule has 0 unspecified atom stereocenters. The lowest BCUT2D eigenvalue weighted by atomic mass is 10.1. The Balaban J connectivity index is 2.10. The number of methoxy groups -OCH3 is 1. The van der Waals surface area contributed by atoms with E-state index in [1.54, 1.807) is 11.3 Å². The molecule has 0 radical (unpaired) electrons. The summed E-state index contributed by atoms with van der Waals surface area (Å²) in [6.07, 6.45) is 0.829. The predicted octanol–water partition coefficient (Wildman–Crippen LogP) is 0.806. The molecule has 0 aromatic carbocycles. The second kappa shape index (κ2) is 4.02. The number of carbonyl (C=O) groups excluding carboxylic acids is 2. The second-order valence-electron chi connectivity index (χ2n) is 3.34. The molecule has 1 amide bonds. The van der Waals surface area contributed by atoms with Crippen LogP contribution < -0.4 is 0 Å². The second-order valence-corrected chi connectivity index (χ2v) is 4.34. The van der Waals surface area contributed by atoms with E-state index in [9.17, 15) is 9.59 Å². The number of rotatable bonds is 0. The van der Waals surface area contributed by atoms with Crippen molar-refractivity contribution in [1.82, 2.24) is 4.90 Å². The Bertz CT molecular complexity index is 399. The molecular formula is C10H11NO3S. The predicted molar refractivity (Wildman–Crippen MR) is 55.5 cm³/mol. The van der Waals surface area contributed by atoms with Gasteiger partial charge in [0.25, 0.3) is 0 Å². The summed E-state index contributed by atoms with van der Waals surface area (Å²) < 4.78 is 4.41. The first-order valence-corrected chi connectivity index (χ1v) is 5.53. The van der Waals surface area contributed by atoms with E-state index in [1.165, 1.54) is 16.9 Å². The van der Waals surface area contributed by atoms with Gasteiger partial charge in [0, 0.05) is 18.0 Å². The third-order valence-corrected chi connectivity index (χ3v) is 3.48. The van der Waals surface area contributed by atoms with E-state index in [4.69, 9.17) is 0 Å². The first-order chi connectivity index (χ1) is 7.22. The number of carbonyl (C=O) groups is 2. The Labute approximate surface area is 91.5 Å². The molecule has 2 heterocycles. The highest BCUT2D eigenvalue weighted by atomic mass is 32.1. The molecule has 1 aromatic rings. The van der Waals surface area contributed by atoms with Gasteiger partial charge in [-0.05, 0) is 23.4 Å². The van der Waals surface area contributed by atoms with Crippen LogP contribution in [0.25, 0.3) is 0 Å². The Morgan fingerprint density at radius 1 is 1.53 bits per heavy atom. The first-order valence-electron chi connectivity index (χ1n) is 4.65. The molecule has 0 aliphatic carbocycles. The summed E-state index contributed by atoms with van der Waals surface area (Å²) in [7, 11) is 1.22. The molecule has 5 heteroatoms. The highest BCUT2D eigenvalue weighted by Crippen LogP contribution is 2.23. The Morgan fingerprint density at radius 2 is 2.33 bits per heavy atom. The third-order valence-electron chi connectivity index (χ3n) is 2.45. The number of hydrogen-bond donors (Lipinski definition) is 0. The van der Waals surface area contributed by atoms with Crippen molar-refractivity contribution in [3.8, 4) is 0 Å². The maximum atomic E-state index is 11.5. The van der Waals surface area contributed by atoms with Crippen LogP contribution in [0.3, 0.4) is 0 Å². The SMILES string of the molecule is COC(=O)C(=O)N1CCc2sccc2C1. The minimum atomic E-state index is -0.784. The van der Waals surface area contributed by atoms with Gasteiger partial charge in [0.1, 0.15) is 0 Å². The molecule has 1 aromatic heterocycles. The van der Waals surface area contributed by atoms with Crippen LogP contribution >= 0.6 is 11.3 Å². The maximum absolute atomic E-state index is 11.5. The molecule has 2 rings (SSSR count). The van der Waals surface area contributed by atoms with Crippen LogP contribution in [0.4, 0.5) is 0 Å². The average Bonchev–Trinajstić information content (AvgIpc) is 2.73. The van der Waals surface area contributed by atoms with Gasteiger partial charge in [-0.3, -0.25) is 4.79 Å². The van der Waals surface area contributed by atoms with E-state index in [0.717, 1.165) is 12.0 Å². The van der Waals surface area contributed by atoms with Crippen molar-refractivity contribution in [1.29, 1.82) is 0 Å².